The highest BCUT2D eigenvalue weighted by Crippen LogP contribution is 2.27. The van der Waals surface area contributed by atoms with Gasteiger partial charge in [0.25, 0.3) is 0 Å². The molecule has 12 heavy (non-hydrogen) atoms. The normalized spacial score (nSPS) is 47.5. The Hall–Kier alpha value is -0.200. The van der Waals surface area contributed by atoms with Crippen LogP contribution in [0.2, 0.25) is 0 Å². The minimum atomic E-state index is -1.45. The number of aliphatic hydroxyl groups is 4. The molecule has 0 spiro atoms. The summed E-state index contributed by atoms with van der Waals surface area (Å²) in [6, 6.07) is 0. The smallest absolute Gasteiger partial charge is 0.184 e. The summed E-state index contributed by atoms with van der Waals surface area (Å²) in [7, 11) is 0. The van der Waals surface area contributed by atoms with E-state index in [1.54, 1.807) is 0 Å². The quantitative estimate of drug-likeness (QED) is 0.351. The minimum Gasteiger partial charge on any atom is -0.387 e. The Bertz CT molecular complexity index is 169. The molecule has 0 saturated carbocycles. The molecule has 5 nitrogen and oxygen atoms in total. The Labute approximate surface area is 70.2 Å². The third-order valence-corrected chi connectivity index (χ3v) is 2.10. The van der Waals surface area contributed by atoms with E-state index in [4.69, 9.17) is 14.9 Å². The summed E-state index contributed by atoms with van der Waals surface area (Å²) in [6.45, 7) is 3.05. The fourth-order valence-corrected chi connectivity index (χ4v) is 1.22. The largest absolute Gasteiger partial charge is 0.387 e. The molecule has 0 unspecified atom stereocenters. The second-order valence-electron chi connectivity index (χ2n) is 3.54. The molecule has 0 aromatic carbocycles. The molecule has 1 rings (SSSR count). The molecule has 1 aliphatic heterocycles. The molecular weight excluding hydrogens is 164 g/mol. The third-order valence-electron chi connectivity index (χ3n) is 2.10. The highest BCUT2D eigenvalue weighted by atomic mass is 16.6. The molecule has 0 aromatic rings. The van der Waals surface area contributed by atoms with Crippen molar-refractivity contribution < 1.29 is 25.2 Å². The van der Waals surface area contributed by atoms with Gasteiger partial charge in [0, 0.05) is 0 Å². The van der Waals surface area contributed by atoms with Crippen molar-refractivity contribution in [1.82, 2.24) is 0 Å². The van der Waals surface area contributed by atoms with E-state index in [0.29, 0.717) is 0 Å². The van der Waals surface area contributed by atoms with Crippen LogP contribution < -0.4 is 0 Å². The minimum absolute atomic E-state index is 1.04. The van der Waals surface area contributed by atoms with Gasteiger partial charge in [-0.05, 0) is 13.8 Å². The predicted octanol–water partition coefficient (Wildman–Crippen LogP) is -1.80. The zero-order valence-electron chi connectivity index (χ0n) is 7.01. The van der Waals surface area contributed by atoms with Crippen LogP contribution >= 0.6 is 0 Å². The van der Waals surface area contributed by atoms with Crippen LogP contribution in [0.15, 0.2) is 0 Å². The number of hydrogen-bond acceptors (Lipinski definition) is 5. The van der Waals surface area contributed by atoms with Crippen LogP contribution in [0.4, 0.5) is 0 Å². The highest BCUT2D eigenvalue weighted by Gasteiger charge is 2.47. The molecule has 0 amide bonds. The summed E-state index contributed by atoms with van der Waals surface area (Å²) < 4.78 is 4.86. The Morgan fingerprint density at radius 2 is 1.50 bits per heavy atom. The monoisotopic (exact) mass is 178 g/mol. The first-order valence-corrected chi connectivity index (χ1v) is 3.76. The number of hydrogen-bond donors (Lipinski definition) is 4. The Kier molecular flexibility index (Phi) is 2.42. The molecule has 1 fully saturated rings. The van der Waals surface area contributed by atoms with Gasteiger partial charge in [0.15, 0.2) is 6.29 Å². The topological polar surface area (TPSA) is 90.2 Å². The first-order chi connectivity index (χ1) is 5.36. The standard InChI is InChI=1S/C7H14O5/c1-7(2)5(10)3(8)4(9)6(11)12-7/h3-6,8-11H,1-2H3/t3-,4+,5+,6+/m1/s1. The molecular formula is C7H14O5. The third kappa shape index (κ3) is 1.46. The predicted molar refractivity (Wildman–Crippen MR) is 39.2 cm³/mol. The van der Waals surface area contributed by atoms with E-state index in [0.717, 1.165) is 0 Å². The van der Waals surface area contributed by atoms with Gasteiger partial charge in [0.2, 0.25) is 0 Å². The Balaban J connectivity index is 2.78. The molecule has 4 N–H and O–H groups in total. The van der Waals surface area contributed by atoms with E-state index in [9.17, 15) is 10.2 Å². The zero-order chi connectivity index (χ0) is 9.52. The van der Waals surface area contributed by atoms with E-state index >= 15 is 0 Å². The summed E-state index contributed by atoms with van der Waals surface area (Å²) in [5, 5.41) is 36.7. The lowest BCUT2D eigenvalue weighted by atomic mass is 9.90. The first kappa shape index (κ1) is 9.88. The van der Waals surface area contributed by atoms with Gasteiger partial charge >= 0.3 is 0 Å². The maximum atomic E-state index is 9.35. The van der Waals surface area contributed by atoms with Crippen molar-refractivity contribution in [3.05, 3.63) is 0 Å². The number of aliphatic hydroxyl groups excluding tert-OH is 4. The van der Waals surface area contributed by atoms with E-state index in [2.05, 4.69) is 0 Å². The van der Waals surface area contributed by atoms with Crippen molar-refractivity contribution in [3.8, 4) is 0 Å². The molecule has 5 heteroatoms. The second kappa shape index (κ2) is 2.93. The van der Waals surface area contributed by atoms with Gasteiger partial charge < -0.3 is 25.2 Å². The molecule has 1 aliphatic rings. The molecule has 4 atom stereocenters. The van der Waals surface area contributed by atoms with E-state index in [-0.39, 0.29) is 0 Å². The fraction of sp³-hybridized carbons (Fsp3) is 1.00. The SMILES string of the molecule is CC1(C)O[C@H](O)[C@@H](O)[C@@H](O)[C@@H]1O. The zero-order valence-corrected chi connectivity index (χ0v) is 7.01. The Morgan fingerprint density at radius 1 is 1.00 bits per heavy atom. The van der Waals surface area contributed by atoms with Gasteiger partial charge in [-0.15, -0.1) is 0 Å². The number of ether oxygens (including phenoxy) is 1. The lowest BCUT2D eigenvalue weighted by molar-refractivity contribution is -0.310. The molecule has 0 aliphatic carbocycles. The summed E-state index contributed by atoms with van der Waals surface area (Å²) in [5.41, 5.74) is -1.04. The lowest BCUT2D eigenvalue weighted by Gasteiger charge is -2.43. The molecule has 0 bridgehead atoms. The van der Waals surface area contributed by atoms with Crippen molar-refractivity contribution in [2.45, 2.75) is 44.1 Å². The van der Waals surface area contributed by atoms with Gasteiger partial charge in [-0.1, -0.05) is 0 Å². The average molecular weight is 178 g/mol. The van der Waals surface area contributed by atoms with Crippen LogP contribution in [0, 0.1) is 0 Å². The molecule has 0 aromatic heterocycles. The van der Waals surface area contributed by atoms with Crippen LogP contribution in [0.5, 0.6) is 0 Å². The van der Waals surface area contributed by atoms with E-state index in [1.165, 1.54) is 13.8 Å². The maximum absolute atomic E-state index is 9.35. The van der Waals surface area contributed by atoms with Crippen molar-refractivity contribution in [2.75, 3.05) is 0 Å². The van der Waals surface area contributed by atoms with Gasteiger partial charge in [-0.25, -0.2) is 0 Å². The number of rotatable bonds is 0. The molecule has 0 radical (unpaired) electrons. The van der Waals surface area contributed by atoms with Gasteiger partial charge in [0.05, 0.1) is 5.60 Å². The highest BCUT2D eigenvalue weighted by molar-refractivity contribution is 4.94. The fourth-order valence-electron chi connectivity index (χ4n) is 1.22. The van der Waals surface area contributed by atoms with Gasteiger partial charge in [-0.2, -0.15) is 0 Å². The summed E-state index contributed by atoms with van der Waals surface area (Å²) >= 11 is 0. The van der Waals surface area contributed by atoms with Crippen LogP contribution in [-0.2, 0) is 4.74 Å². The van der Waals surface area contributed by atoms with E-state index < -0.39 is 30.2 Å². The van der Waals surface area contributed by atoms with Crippen molar-refractivity contribution in [1.29, 1.82) is 0 Å². The van der Waals surface area contributed by atoms with Crippen LogP contribution in [0.1, 0.15) is 13.8 Å². The summed E-state index contributed by atoms with van der Waals surface area (Å²) in [6.07, 6.45) is -5.47. The first-order valence-electron chi connectivity index (χ1n) is 3.76. The van der Waals surface area contributed by atoms with Gasteiger partial charge in [0.1, 0.15) is 18.3 Å². The van der Waals surface area contributed by atoms with E-state index in [1.807, 2.05) is 0 Å². The molecule has 1 heterocycles. The second-order valence-corrected chi connectivity index (χ2v) is 3.54. The van der Waals surface area contributed by atoms with Gasteiger partial charge in [-0.3, -0.25) is 0 Å². The summed E-state index contributed by atoms with van der Waals surface area (Å²) in [4.78, 5) is 0. The van der Waals surface area contributed by atoms with Crippen LogP contribution in [-0.4, -0.2) is 50.6 Å². The molecule has 1 saturated heterocycles. The summed E-state index contributed by atoms with van der Waals surface area (Å²) in [5.74, 6) is 0. The average Bonchev–Trinajstić information content (AvgIpc) is 1.97. The molecule has 72 valence electrons. The van der Waals surface area contributed by atoms with Crippen molar-refractivity contribution in [3.63, 3.8) is 0 Å². The Morgan fingerprint density at radius 3 is 2.00 bits per heavy atom. The van der Waals surface area contributed by atoms with Crippen molar-refractivity contribution >= 4 is 0 Å². The van der Waals surface area contributed by atoms with Crippen LogP contribution in [0.3, 0.4) is 0 Å². The van der Waals surface area contributed by atoms with Crippen LogP contribution in [0.25, 0.3) is 0 Å². The van der Waals surface area contributed by atoms with Crippen molar-refractivity contribution in [2.24, 2.45) is 0 Å². The maximum Gasteiger partial charge on any atom is 0.184 e. The lowest BCUT2D eigenvalue weighted by Crippen LogP contribution is -2.61.